The van der Waals surface area contributed by atoms with Gasteiger partial charge >= 0.3 is 12.1 Å². The first kappa shape index (κ1) is 18.4. The molecular weight excluding hydrogens is 312 g/mol. The lowest BCUT2D eigenvalue weighted by Gasteiger charge is -2.21. The number of aromatic amines is 1. The van der Waals surface area contributed by atoms with Crippen LogP contribution in [0.2, 0.25) is 0 Å². The van der Waals surface area contributed by atoms with E-state index in [1.165, 1.54) is 13.8 Å². The van der Waals surface area contributed by atoms with Crippen molar-refractivity contribution in [2.45, 2.75) is 77.4 Å². The quantitative estimate of drug-likeness (QED) is 0.631. The maximum atomic E-state index is 12.3. The molecule has 1 aromatic heterocycles. The fraction of sp³-hybridized carbons (Fsp3) is 0.706. The molecule has 0 amide bonds. The van der Waals surface area contributed by atoms with Crippen molar-refractivity contribution in [3.8, 4) is 0 Å². The first-order chi connectivity index (χ1) is 11.3. The molecule has 1 heterocycles. The number of hydrogen-bond donors (Lipinski definition) is 2. The molecule has 2 rings (SSSR count). The van der Waals surface area contributed by atoms with Crippen molar-refractivity contribution in [3.05, 3.63) is 17.2 Å². The van der Waals surface area contributed by atoms with Gasteiger partial charge in [0.05, 0.1) is 5.69 Å². The molecule has 0 spiro atoms. The molecule has 0 aliphatic heterocycles. The summed E-state index contributed by atoms with van der Waals surface area (Å²) in [5.74, 6) is -0.339. The van der Waals surface area contributed by atoms with Crippen molar-refractivity contribution in [1.29, 1.82) is 0 Å². The van der Waals surface area contributed by atoms with Gasteiger partial charge in [-0.1, -0.05) is 13.3 Å². The summed E-state index contributed by atoms with van der Waals surface area (Å²) in [5, 5.41) is 10.2. The molecule has 2 N–H and O–H groups in total. The highest BCUT2D eigenvalue weighted by Crippen LogP contribution is 2.24. The zero-order chi connectivity index (χ0) is 17.7. The summed E-state index contributed by atoms with van der Waals surface area (Å²) in [7, 11) is 0. The molecule has 0 radical (unpaired) electrons. The molecule has 0 atom stereocenters. The first-order valence-corrected chi connectivity index (χ1v) is 8.55. The van der Waals surface area contributed by atoms with Gasteiger partial charge < -0.3 is 19.6 Å². The highest BCUT2D eigenvalue weighted by molar-refractivity contribution is 5.94. The normalized spacial score (nSPS) is 16.0. The van der Waals surface area contributed by atoms with E-state index in [1.807, 2.05) is 6.92 Å². The second kappa shape index (κ2) is 7.79. The lowest BCUT2D eigenvalue weighted by Crippen LogP contribution is -2.25. The topological polar surface area (TPSA) is 102 Å². The minimum Gasteiger partial charge on any atom is -0.431 e. The number of nitrogens with zero attached hydrogens (tertiary/aromatic N) is 1. The number of imidazole rings is 1. The molecule has 0 saturated heterocycles. The van der Waals surface area contributed by atoms with E-state index < -0.39 is 17.7 Å². The fourth-order valence-corrected chi connectivity index (χ4v) is 2.84. The van der Waals surface area contributed by atoms with Crippen LogP contribution in [0.15, 0.2) is 0 Å². The van der Waals surface area contributed by atoms with Crippen LogP contribution in [-0.4, -0.2) is 33.3 Å². The average molecular weight is 338 g/mol. The van der Waals surface area contributed by atoms with Crippen molar-refractivity contribution >= 4 is 12.1 Å². The summed E-state index contributed by atoms with van der Waals surface area (Å²) >= 11 is 0. The summed E-state index contributed by atoms with van der Waals surface area (Å²) < 4.78 is 9.95. The first-order valence-electron chi connectivity index (χ1n) is 8.55. The van der Waals surface area contributed by atoms with Crippen molar-refractivity contribution in [2.75, 3.05) is 0 Å². The molecule has 134 valence electrons. The van der Waals surface area contributed by atoms with Gasteiger partial charge in [-0.15, -0.1) is 0 Å². The number of carbonyl (C=O) groups excluding carboxylic acids is 2. The number of aryl methyl sites for hydroxylation is 1. The minimum atomic E-state index is -1.30. The molecule has 7 heteroatoms. The Bertz CT molecular complexity index is 582. The maximum Gasteiger partial charge on any atom is 0.516 e. The summed E-state index contributed by atoms with van der Waals surface area (Å²) in [5.41, 5.74) is -1.14. The third-order valence-electron chi connectivity index (χ3n) is 4.04. The van der Waals surface area contributed by atoms with Gasteiger partial charge in [-0.25, -0.2) is 14.6 Å². The van der Waals surface area contributed by atoms with E-state index in [4.69, 9.17) is 9.47 Å². The molecule has 1 fully saturated rings. The van der Waals surface area contributed by atoms with Crippen LogP contribution < -0.4 is 0 Å². The third-order valence-corrected chi connectivity index (χ3v) is 4.04. The maximum absolute atomic E-state index is 12.3. The van der Waals surface area contributed by atoms with Crippen LogP contribution in [-0.2, 0) is 21.5 Å². The highest BCUT2D eigenvalue weighted by atomic mass is 16.7. The molecular formula is C17H26N2O5. The van der Waals surface area contributed by atoms with Crippen molar-refractivity contribution in [3.63, 3.8) is 0 Å². The number of esters is 1. The van der Waals surface area contributed by atoms with Crippen molar-refractivity contribution in [1.82, 2.24) is 9.97 Å². The van der Waals surface area contributed by atoms with Crippen molar-refractivity contribution in [2.24, 2.45) is 0 Å². The Kier molecular flexibility index (Phi) is 5.99. The van der Waals surface area contributed by atoms with Crippen LogP contribution in [0, 0.1) is 0 Å². The Balaban J connectivity index is 2.06. The summed E-state index contributed by atoms with van der Waals surface area (Å²) in [6, 6.07) is 0. The van der Waals surface area contributed by atoms with E-state index in [-0.39, 0.29) is 17.5 Å². The van der Waals surface area contributed by atoms with Crippen LogP contribution in [0.4, 0.5) is 4.79 Å². The van der Waals surface area contributed by atoms with Crippen LogP contribution in [0.5, 0.6) is 0 Å². The van der Waals surface area contributed by atoms with E-state index in [2.05, 4.69) is 9.97 Å². The molecule has 1 aliphatic carbocycles. The number of carbonyl (C=O) groups is 2. The molecule has 1 aliphatic rings. The van der Waals surface area contributed by atoms with E-state index in [1.54, 1.807) is 0 Å². The number of aromatic nitrogens is 2. The van der Waals surface area contributed by atoms with Gasteiger partial charge in [-0.05, 0) is 46.0 Å². The monoisotopic (exact) mass is 338 g/mol. The van der Waals surface area contributed by atoms with Gasteiger partial charge in [0.1, 0.15) is 17.5 Å². The number of rotatable bonds is 5. The second-order valence-electron chi connectivity index (χ2n) is 6.73. The molecule has 0 unspecified atom stereocenters. The second-order valence-corrected chi connectivity index (χ2v) is 6.73. The summed E-state index contributed by atoms with van der Waals surface area (Å²) in [6.45, 7) is 5.05. The van der Waals surface area contributed by atoms with Crippen LogP contribution in [0.3, 0.4) is 0 Å². The van der Waals surface area contributed by atoms with Gasteiger partial charge in [0.2, 0.25) is 0 Å². The van der Waals surface area contributed by atoms with Gasteiger partial charge in [0, 0.05) is 6.42 Å². The van der Waals surface area contributed by atoms with Crippen LogP contribution in [0.25, 0.3) is 0 Å². The van der Waals surface area contributed by atoms with Crippen LogP contribution in [0.1, 0.15) is 81.3 Å². The number of hydrogen-bond acceptors (Lipinski definition) is 6. The predicted molar refractivity (Wildman–Crippen MR) is 86.6 cm³/mol. The smallest absolute Gasteiger partial charge is 0.431 e. The lowest BCUT2D eigenvalue weighted by atomic mass is 9.98. The Labute approximate surface area is 141 Å². The summed E-state index contributed by atoms with van der Waals surface area (Å²) in [6.07, 6.45) is 5.00. The molecule has 1 aromatic rings. The molecule has 0 aromatic carbocycles. The molecule has 1 saturated carbocycles. The molecule has 7 nitrogen and oxygen atoms in total. The highest BCUT2D eigenvalue weighted by Gasteiger charge is 2.31. The third kappa shape index (κ3) is 4.80. The van der Waals surface area contributed by atoms with E-state index in [9.17, 15) is 14.7 Å². The predicted octanol–water partition coefficient (Wildman–Crippen LogP) is 3.22. The van der Waals surface area contributed by atoms with E-state index in [0.717, 1.165) is 38.5 Å². The zero-order valence-electron chi connectivity index (χ0n) is 14.6. The average Bonchev–Trinajstić information content (AvgIpc) is 2.93. The molecule has 24 heavy (non-hydrogen) atoms. The Morgan fingerprint density at radius 3 is 2.54 bits per heavy atom. The van der Waals surface area contributed by atoms with Crippen LogP contribution >= 0.6 is 0 Å². The van der Waals surface area contributed by atoms with Gasteiger partial charge in [-0.3, -0.25) is 0 Å². The number of ether oxygens (including phenoxy) is 2. The minimum absolute atomic E-state index is 0.0773. The Morgan fingerprint density at radius 2 is 1.96 bits per heavy atom. The fourth-order valence-electron chi connectivity index (χ4n) is 2.84. The van der Waals surface area contributed by atoms with Gasteiger partial charge in [0.15, 0.2) is 5.69 Å². The van der Waals surface area contributed by atoms with Crippen molar-refractivity contribution < 1.29 is 24.2 Å². The van der Waals surface area contributed by atoms with E-state index >= 15 is 0 Å². The van der Waals surface area contributed by atoms with Gasteiger partial charge in [0.25, 0.3) is 0 Å². The largest absolute Gasteiger partial charge is 0.516 e. The number of H-pyrrole nitrogens is 1. The molecule has 0 bridgehead atoms. The Hall–Kier alpha value is -1.89. The standard InChI is InChI=1S/C17H26N2O5/c1-4-8-12-18-13(14(19-12)17(2,3)22)15(20)24-16(21)23-11-9-6-5-7-10-11/h11,22H,4-10H2,1-3H3,(H,18,19). The number of aliphatic hydroxyl groups is 1. The Morgan fingerprint density at radius 1 is 1.29 bits per heavy atom. The van der Waals surface area contributed by atoms with Gasteiger partial charge in [-0.2, -0.15) is 0 Å². The number of nitrogens with one attached hydrogen (secondary N) is 1. The SMILES string of the molecule is CCCc1nc(C(=O)OC(=O)OC2CCCCC2)c(C(C)(C)O)[nH]1. The van der Waals surface area contributed by atoms with E-state index in [0.29, 0.717) is 12.2 Å². The lowest BCUT2D eigenvalue weighted by molar-refractivity contribution is 0.0116. The summed E-state index contributed by atoms with van der Waals surface area (Å²) in [4.78, 5) is 31.2. The zero-order valence-corrected chi connectivity index (χ0v) is 14.6.